The van der Waals surface area contributed by atoms with Crippen LogP contribution >= 0.6 is 0 Å². The first-order valence-corrected chi connectivity index (χ1v) is 6.80. The summed E-state index contributed by atoms with van der Waals surface area (Å²) >= 11 is 0. The van der Waals surface area contributed by atoms with Crippen LogP contribution in [-0.4, -0.2) is 5.11 Å². The van der Waals surface area contributed by atoms with Crippen molar-refractivity contribution in [1.29, 1.82) is 0 Å². The van der Waals surface area contributed by atoms with Crippen molar-refractivity contribution in [3.05, 3.63) is 70.3 Å². The summed E-state index contributed by atoms with van der Waals surface area (Å²) in [5.74, 6) is -1.30. The van der Waals surface area contributed by atoms with E-state index in [1.165, 1.54) is 19.1 Å². The van der Waals surface area contributed by atoms with Gasteiger partial charge in [0.05, 0.1) is 0 Å². The maximum Gasteiger partial charge on any atom is 0.165 e. The predicted molar refractivity (Wildman–Crippen MR) is 73.6 cm³/mol. The van der Waals surface area contributed by atoms with Crippen LogP contribution in [0.15, 0.2) is 36.4 Å². The molecule has 1 unspecified atom stereocenters. The van der Waals surface area contributed by atoms with Crippen molar-refractivity contribution >= 4 is 0 Å². The Morgan fingerprint density at radius 1 is 1.10 bits per heavy atom. The Labute approximate surface area is 116 Å². The minimum absolute atomic E-state index is 0.0129. The molecule has 1 aliphatic carbocycles. The highest BCUT2D eigenvalue weighted by Crippen LogP contribution is 2.41. The topological polar surface area (TPSA) is 20.2 Å². The van der Waals surface area contributed by atoms with Crippen LogP contribution in [-0.2, 0) is 0 Å². The summed E-state index contributed by atoms with van der Waals surface area (Å²) in [5, 5.41) is 10.3. The van der Waals surface area contributed by atoms with E-state index in [1.54, 1.807) is 6.07 Å². The van der Waals surface area contributed by atoms with Gasteiger partial charge in [-0.05, 0) is 42.4 Å². The van der Waals surface area contributed by atoms with Crippen molar-refractivity contribution in [1.82, 2.24) is 0 Å². The molecule has 0 aliphatic heterocycles. The highest BCUT2D eigenvalue weighted by molar-refractivity contribution is 5.37. The number of hydrogen-bond acceptors (Lipinski definition) is 1. The van der Waals surface area contributed by atoms with E-state index in [1.807, 2.05) is 18.2 Å². The van der Waals surface area contributed by atoms with Gasteiger partial charge in [-0.15, -0.1) is 0 Å². The average molecular weight is 274 g/mol. The molecule has 1 nitrogen and oxygen atoms in total. The fourth-order valence-electron chi connectivity index (χ4n) is 2.45. The first-order chi connectivity index (χ1) is 9.58. The zero-order valence-electron chi connectivity index (χ0n) is 11.2. The van der Waals surface area contributed by atoms with Crippen molar-refractivity contribution in [2.75, 3.05) is 0 Å². The lowest BCUT2D eigenvalue weighted by Crippen LogP contribution is -2.05. The predicted octanol–water partition coefficient (Wildman–Crippen LogP) is 4.23. The highest BCUT2D eigenvalue weighted by atomic mass is 19.2. The van der Waals surface area contributed by atoms with E-state index in [4.69, 9.17) is 0 Å². The number of aliphatic hydroxyl groups is 1. The molecule has 0 amide bonds. The fraction of sp³-hybridized carbons (Fsp3) is 0.294. The number of aliphatic hydroxyl groups excluding tert-OH is 1. The summed E-state index contributed by atoms with van der Waals surface area (Å²) < 4.78 is 27.5. The second kappa shape index (κ2) is 4.98. The van der Waals surface area contributed by atoms with Crippen LogP contribution in [0.25, 0.3) is 0 Å². The van der Waals surface area contributed by atoms with Gasteiger partial charge in [0.2, 0.25) is 0 Å². The molecule has 0 saturated heterocycles. The van der Waals surface area contributed by atoms with Crippen LogP contribution in [0.4, 0.5) is 8.78 Å². The number of aryl methyl sites for hydroxylation is 1. The van der Waals surface area contributed by atoms with Gasteiger partial charge >= 0.3 is 0 Å². The number of hydrogen-bond donors (Lipinski definition) is 1. The summed E-state index contributed by atoms with van der Waals surface area (Å²) in [6.07, 6.45) is 1.18. The summed E-state index contributed by atoms with van der Waals surface area (Å²) in [6, 6.07) is 10.4. The molecule has 0 aromatic heterocycles. The Kier molecular flexibility index (Phi) is 3.30. The lowest BCUT2D eigenvalue weighted by Gasteiger charge is -2.14. The Hall–Kier alpha value is -1.74. The molecule has 3 rings (SSSR count). The average Bonchev–Trinajstić information content (AvgIpc) is 3.29. The molecule has 0 spiro atoms. The zero-order chi connectivity index (χ0) is 14.3. The van der Waals surface area contributed by atoms with Crippen LogP contribution in [0, 0.1) is 18.6 Å². The van der Waals surface area contributed by atoms with E-state index in [2.05, 4.69) is 0 Å². The van der Waals surface area contributed by atoms with Gasteiger partial charge in [-0.3, -0.25) is 0 Å². The highest BCUT2D eigenvalue weighted by Gasteiger charge is 2.25. The fourth-order valence-corrected chi connectivity index (χ4v) is 2.45. The maximum atomic E-state index is 13.9. The van der Waals surface area contributed by atoms with Crippen molar-refractivity contribution < 1.29 is 13.9 Å². The smallest absolute Gasteiger partial charge is 0.165 e. The monoisotopic (exact) mass is 274 g/mol. The van der Waals surface area contributed by atoms with Crippen molar-refractivity contribution in [3.63, 3.8) is 0 Å². The zero-order valence-corrected chi connectivity index (χ0v) is 11.2. The molecule has 20 heavy (non-hydrogen) atoms. The van der Waals surface area contributed by atoms with Gasteiger partial charge in [-0.1, -0.05) is 36.4 Å². The summed E-state index contributed by atoms with van der Waals surface area (Å²) in [6.45, 7) is 1.50. The molecule has 1 atom stereocenters. The Balaban J connectivity index is 1.98. The SMILES string of the molecule is Cc1ccc(C(O)c2cccc(C3CC3)c2)c(F)c1F. The molecule has 0 heterocycles. The molecule has 1 N–H and O–H groups in total. The Bertz CT molecular complexity index is 647. The van der Waals surface area contributed by atoms with Gasteiger partial charge in [0.1, 0.15) is 6.10 Å². The minimum Gasteiger partial charge on any atom is -0.384 e. The third kappa shape index (κ3) is 2.34. The molecule has 0 radical (unpaired) electrons. The van der Waals surface area contributed by atoms with E-state index in [-0.39, 0.29) is 11.1 Å². The standard InChI is InChI=1S/C17H16F2O/c1-10-5-8-14(16(19)15(10)18)17(20)13-4-2-3-12(9-13)11-6-7-11/h2-5,8-9,11,17,20H,6-7H2,1H3. The lowest BCUT2D eigenvalue weighted by molar-refractivity contribution is 0.213. The van der Waals surface area contributed by atoms with E-state index in [0.717, 1.165) is 18.4 Å². The molecule has 2 aromatic carbocycles. The summed E-state index contributed by atoms with van der Waals surface area (Å²) in [4.78, 5) is 0. The second-order valence-electron chi connectivity index (χ2n) is 5.45. The van der Waals surface area contributed by atoms with E-state index >= 15 is 0 Å². The lowest BCUT2D eigenvalue weighted by atomic mass is 9.97. The third-order valence-electron chi connectivity index (χ3n) is 3.88. The van der Waals surface area contributed by atoms with Crippen molar-refractivity contribution in [3.8, 4) is 0 Å². The van der Waals surface area contributed by atoms with Crippen molar-refractivity contribution in [2.24, 2.45) is 0 Å². The largest absolute Gasteiger partial charge is 0.384 e. The molecule has 1 saturated carbocycles. The van der Waals surface area contributed by atoms with Gasteiger partial charge in [-0.25, -0.2) is 8.78 Å². The number of rotatable bonds is 3. The van der Waals surface area contributed by atoms with E-state index < -0.39 is 17.7 Å². The maximum absolute atomic E-state index is 13.9. The van der Waals surface area contributed by atoms with Crippen LogP contribution in [0.3, 0.4) is 0 Å². The summed E-state index contributed by atoms with van der Waals surface area (Å²) in [7, 11) is 0. The molecular weight excluding hydrogens is 258 g/mol. The first kappa shape index (κ1) is 13.3. The van der Waals surface area contributed by atoms with Crippen LogP contribution < -0.4 is 0 Å². The van der Waals surface area contributed by atoms with Crippen LogP contribution in [0.2, 0.25) is 0 Å². The molecule has 1 aliphatic rings. The Morgan fingerprint density at radius 2 is 1.85 bits per heavy atom. The molecule has 2 aromatic rings. The third-order valence-corrected chi connectivity index (χ3v) is 3.88. The van der Waals surface area contributed by atoms with Crippen molar-refractivity contribution in [2.45, 2.75) is 31.8 Å². The number of halogens is 2. The number of benzene rings is 2. The van der Waals surface area contributed by atoms with Gasteiger partial charge in [0.15, 0.2) is 11.6 Å². The molecule has 3 heteroatoms. The summed E-state index contributed by atoms with van der Waals surface area (Å²) in [5.41, 5.74) is 2.00. The minimum atomic E-state index is -1.14. The van der Waals surface area contributed by atoms with Gasteiger partial charge in [0, 0.05) is 5.56 Å². The van der Waals surface area contributed by atoms with Crippen LogP contribution in [0.5, 0.6) is 0 Å². The molecule has 1 fully saturated rings. The molecule has 0 bridgehead atoms. The van der Waals surface area contributed by atoms with Gasteiger partial charge < -0.3 is 5.11 Å². The molecular formula is C17H16F2O. The van der Waals surface area contributed by atoms with Gasteiger partial charge in [0.25, 0.3) is 0 Å². The quantitative estimate of drug-likeness (QED) is 0.888. The van der Waals surface area contributed by atoms with Gasteiger partial charge in [-0.2, -0.15) is 0 Å². The van der Waals surface area contributed by atoms with E-state index in [0.29, 0.717) is 11.5 Å². The molecule has 104 valence electrons. The van der Waals surface area contributed by atoms with E-state index in [9.17, 15) is 13.9 Å². The first-order valence-electron chi connectivity index (χ1n) is 6.80. The van der Waals surface area contributed by atoms with Crippen LogP contribution in [0.1, 0.15) is 47.1 Å². The normalized spacial score (nSPS) is 16.2. The Morgan fingerprint density at radius 3 is 2.55 bits per heavy atom. The second-order valence-corrected chi connectivity index (χ2v) is 5.45.